The van der Waals surface area contributed by atoms with Gasteiger partial charge in [-0.05, 0) is 11.1 Å². The van der Waals surface area contributed by atoms with Gasteiger partial charge in [0.25, 0.3) is 0 Å². The summed E-state index contributed by atoms with van der Waals surface area (Å²) in [6.07, 6.45) is -24.2. The molecule has 3 aliphatic rings. The van der Waals surface area contributed by atoms with Gasteiger partial charge in [0.15, 0.2) is 55.5 Å². The number of esters is 8. The fraction of sp³-hybridized carbons (Fsp3) is 0.583. The molecule has 24 heteroatoms. The van der Waals surface area contributed by atoms with Crippen molar-refractivity contribution in [2.24, 2.45) is 0 Å². The van der Waals surface area contributed by atoms with E-state index in [-0.39, 0.29) is 13.2 Å². The third-order valence-corrected chi connectivity index (χ3v) is 10.8. The maximum Gasteiger partial charge on any atom is 0.303 e. The second-order valence-corrected chi connectivity index (χ2v) is 16.7. The first-order valence-corrected chi connectivity index (χ1v) is 22.7. The van der Waals surface area contributed by atoms with Crippen LogP contribution in [0, 0.1) is 0 Å². The van der Waals surface area contributed by atoms with Crippen molar-refractivity contribution in [3.05, 3.63) is 71.8 Å². The number of rotatable bonds is 21. The first kappa shape index (κ1) is 56.8. The van der Waals surface area contributed by atoms with Gasteiger partial charge < -0.3 is 76.2 Å². The van der Waals surface area contributed by atoms with Gasteiger partial charge in [0.05, 0.1) is 19.8 Å². The van der Waals surface area contributed by atoms with Gasteiger partial charge in [-0.3, -0.25) is 38.4 Å². The number of aliphatic hydroxyl groups excluding tert-OH is 1. The summed E-state index contributed by atoms with van der Waals surface area (Å²) in [6.45, 7) is 6.53. The third-order valence-electron chi connectivity index (χ3n) is 10.8. The fourth-order valence-electron chi connectivity index (χ4n) is 8.07. The molecular formula is C48H60O24. The van der Waals surface area contributed by atoms with Gasteiger partial charge in [0.2, 0.25) is 0 Å². The minimum atomic E-state index is -1.98. The monoisotopic (exact) mass is 1020 g/mol. The highest BCUT2D eigenvalue weighted by atomic mass is 16.8. The summed E-state index contributed by atoms with van der Waals surface area (Å²) < 4.78 is 88.6. The van der Waals surface area contributed by atoms with Crippen molar-refractivity contribution >= 4 is 47.8 Å². The van der Waals surface area contributed by atoms with Crippen LogP contribution >= 0.6 is 0 Å². The lowest BCUT2D eigenvalue weighted by Crippen LogP contribution is -2.67. The van der Waals surface area contributed by atoms with E-state index < -0.39 is 160 Å². The molecule has 2 aromatic carbocycles. The molecule has 0 aromatic heterocycles. The molecule has 5 rings (SSSR count). The minimum Gasteiger partial charge on any atom is -0.463 e. The summed E-state index contributed by atoms with van der Waals surface area (Å²) in [7, 11) is 0. The standard InChI is InChI=1S/C48H60O24/c1-24(49)58-21-34-37(60-19-32-15-11-9-12-16-32)40(63-26(3)51)44(67-30(7)55)47(70-34)62-23-35-38(61-20-33-17-13-10-14-18-33)41(64-27(4)52)45(68-31(8)56)48(71-35)72-39-36(22-59-25(2)50)69-46(57)43(66-29(6)54)42(39)65-28(5)53/h9-18,34-48,57H,19-23H2,1-8H3/t34-,35-,36-,37-,38-,39-,40+,41+,42+,43-,44-,45-,46+,47-,48+/m1/s1. The molecule has 0 aliphatic carbocycles. The summed E-state index contributed by atoms with van der Waals surface area (Å²) in [4.78, 5) is 101. The van der Waals surface area contributed by atoms with Crippen molar-refractivity contribution in [1.29, 1.82) is 0 Å². The Bertz CT molecular complexity index is 2150. The van der Waals surface area contributed by atoms with Crippen LogP contribution in [0.1, 0.15) is 66.5 Å². The molecule has 24 nitrogen and oxygen atoms in total. The summed E-state index contributed by atoms with van der Waals surface area (Å²) in [5.41, 5.74) is 1.32. The summed E-state index contributed by atoms with van der Waals surface area (Å²) in [5.74, 6) is -6.92. The van der Waals surface area contributed by atoms with Gasteiger partial charge in [0.1, 0.15) is 49.8 Å². The molecule has 1 N–H and O–H groups in total. The van der Waals surface area contributed by atoms with Gasteiger partial charge in [0, 0.05) is 55.4 Å². The Morgan fingerprint density at radius 1 is 0.389 bits per heavy atom. The number of hydrogen-bond acceptors (Lipinski definition) is 24. The van der Waals surface area contributed by atoms with E-state index in [1.54, 1.807) is 60.7 Å². The van der Waals surface area contributed by atoms with Crippen molar-refractivity contribution in [2.75, 3.05) is 19.8 Å². The second kappa shape index (κ2) is 27.1. The topological polar surface area (TPSA) is 295 Å². The molecule has 72 heavy (non-hydrogen) atoms. The van der Waals surface area contributed by atoms with Crippen molar-refractivity contribution in [1.82, 2.24) is 0 Å². The highest BCUT2D eigenvalue weighted by Gasteiger charge is 2.58. The average Bonchev–Trinajstić information content (AvgIpc) is 3.30. The van der Waals surface area contributed by atoms with E-state index in [9.17, 15) is 43.5 Å². The number of carbonyl (C=O) groups excluding carboxylic acids is 8. The molecular weight excluding hydrogens is 961 g/mol. The maximum absolute atomic E-state index is 13.0. The number of hydrogen-bond donors (Lipinski definition) is 1. The minimum absolute atomic E-state index is 0.0625. The number of benzene rings is 2. The van der Waals surface area contributed by atoms with Gasteiger partial charge in [-0.15, -0.1) is 0 Å². The van der Waals surface area contributed by atoms with E-state index in [0.717, 1.165) is 55.4 Å². The summed E-state index contributed by atoms with van der Waals surface area (Å²) in [5, 5.41) is 11.0. The quantitative estimate of drug-likeness (QED) is 0.137. The van der Waals surface area contributed by atoms with Crippen molar-refractivity contribution in [3.8, 4) is 0 Å². The van der Waals surface area contributed by atoms with Crippen LogP contribution in [0.4, 0.5) is 0 Å². The Hall–Kier alpha value is -6.12. The number of carbonyl (C=O) groups is 8. The molecule has 0 bridgehead atoms. The Morgan fingerprint density at radius 3 is 1.15 bits per heavy atom. The highest BCUT2D eigenvalue weighted by molar-refractivity contribution is 5.69. The van der Waals surface area contributed by atoms with Gasteiger partial charge in [-0.2, -0.15) is 0 Å². The molecule has 0 radical (unpaired) electrons. The van der Waals surface area contributed by atoms with Crippen LogP contribution in [-0.2, 0) is 123 Å². The van der Waals surface area contributed by atoms with E-state index in [0.29, 0.717) is 11.1 Å². The molecule has 0 saturated carbocycles. The van der Waals surface area contributed by atoms with E-state index in [2.05, 4.69) is 0 Å². The van der Waals surface area contributed by atoms with E-state index in [1.165, 1.54) is 0 Å². The first-order chi connectivity index (χ1) is 34.2. The Morgan fingerprint density at radius 2 is 0.736 bits per heavy atom. The second-order valence-electron chi connectivity index (χ2n) is 16.7. The van der Waals surface area contributed by atoms with Crippen LogP contribution in [0.3, 0.4) is 0 Å². The van der Waals surface area contributed by atoms with Crippen molar-refractivity contribution in [3.63, 3.8) is 0 Å². The fourth-order valence-corrected chi connectivity index (χ4v) is 8.07. The van der Waals surface area contributed by atoms with Crippen LogP contribution in [0.15, 0.2) is 60.7 Å². The molecule has 3 heterocycles. The first-order valence-electron chi connectivity index (χ1n) is 22.7. The lowest BCUT2D eigenvalue weighted by Gasteiger charge is -2.49. The van der Waals surface area contributed by atoms with Crippen LogP contribution in [0.25, 0.3) is 0 Å². The molecule has 0 spiro atoms. The van der Waals surface area contributed by atoms with Crippen LogP contribution in [-0.4, -0.2) is 165 Å². The van der Waals surface area contributed by atoms with E-state index in [4.69, 9.17) is 71.1 Å². The molecule has 3 aliphatic heterocycles. The lowest BCUT2D eigenvalue weighted by molar-refractivity contribution is -0.366. The van der Waals surface area contributed by atoms with E-state index >= 15 is 0 Å². The zero-order valence-corrected chi connectivity index (χ0v) is 40.8. The van der Waals surface area contributed by atoms with Gasteiger partial charge in [-0.1, -0.05) is 60.7 Å². The third kappa shape index (κ3) is 16.7. The Labute approximate surface area is 413 Å². The smallest absolute Gasteiger partial charge is 0.303 e. The number of aliphatic hydroxyl groups is 1. The Balaban J connectivity index is 1.61. The van der Waals surface area contributed by atoms with Crippen LogP contribution < -0.4 is 0 Å². The largest absolute Gasteiger partial charge is 0.463 e. The molecule has 2 aromatic rings. The molecule has 0 amide bonds. The lowest BCUT2D eigenvalue weighted by atomic mass is 9.95. The average molecular weight is 1020 g/mol. The van der Waals surface area contributed by atoms with Crippen LogP contribution in [0.5, 0.6) is 0 Å². The summed E-state index contributed by atoms with van der Waals surface area (Å²) in [6, 6.07) is 17.6. The molecule has 3 saturated heterocycles. The van der Waals surface area contributed by atoms with E-state index in [1.807, 2.05) is 0 Å². The molecule has 3 fully saturated rings. The zero-order valence-electron chi connectivity index (χ0n) is 40.8. The van der Waals surface area contributed by atoms with Crippen LogP contribution in [0.2, 0.25) is 0 Å². The molecule has 0 unspecified atom stereocenters. The predicted octanol–water partition coefficient (Wildman–Crippen LogP) is 1.44. The van der Waals surface area contributed by atoms with Gasteiger partial charge in [-0.25, -0.2) is 0 Å². The zero-order chi connectivity index (χ0) is 52.6. The Kier molecular flexibility index (Phi) is 21.4. The van der Waals surface area contributed by atoms with Gasteiger partial charge >= 0.3 is 47.8 Å². The summed E-state index contributed by atoms with van der Waals surface area (Å²) >= 11 is 0. The molecule has 396 valence electrons. The number of ether oxygens (including phenoxy) is 15. The SMILES string of the molecule is CC(=O)OC[C@H]1O[C@H](O)[C@H](OC(C)=O)[C@@H](OC(C)=O)[C@@H]1O[C@@H]1O[C@H](CO[C@@H]2O[C@H](COC(C)=O)[C@@H](OCc3ccccc3)[C@H](OC(C)=O)[C@H]2OC(C)=O)[C@@H](OCc2ccccc2)[C@H](OC(C)=O)[C@H]1OC(C)=O. The predicted molar refractivity (Wildman–Crippen MR) is 236 cm³/mol. The van der Waals surface area contributed by atoms with Crippen molar-refractivity contribution < 1.29 is 115 Å². The highest BCUT2D eigenvalue weighted by Crippen LogP contribution is 2.37. The normalized spacial score (nSPS) is 30.1. The van der Waals surface area contributed by atoms with Crippen molar-refractivity contribution in [2.45, 2.75) is 161 Å². The maximum atomic E-state index is 13.0. The molecule has 15 atom stereocenters.